The third-order valence-electron chi connectivity index (χ3n) is 1.58. The van der Waals surface area contributed by atoms with Crippen molar-refractivity contribution < 1.29 is 18.4 Å². The van der Waals surface area contributed by atoms with Crippen LogP contribution in [0.5, 0.6) is 5.75 Å². The number of nitro groups is 1. The average molecular weight is 249 g/mol. The minimum absolute atomic E-state index is 0.178. The Balaban J connectivity index is 3.32. The summed E-state index contributed by atoms with van der Waals surface area (Å²) in [6.45, 7) is -3.22. The third-order valence-corrected chi connectivity index (χ3v) is 1.89. The smallest absolute Gasteiger partial charge is 0.387 e. The van der Waals surface area contributed by atoms with Gasteiger partial charge in [-0.3, -0.25) is 10.1 Å². The molecule has 0 saturated heterocycles. The van der Waals surface area contributed by atoms with Crippen LogP contribution in [0.4, 0.5) is 14.5 Å². The van der Waals surface area contributed by atoms with Crippen LogP contribution in [0, 0.1) is 21.4 Å². The molecule has 0 aromatic heterocycles. The van der Waals surface area contributed by atoms with Crippen molar-refractivity contribution >= 4 is 17.3 Å². The van der Waals surface area contributed by atoms with E-state index in [9.17, 15) is 18.9 Å². The Morgan fingerprint density at radius 2 is 2.19 bits per heavy atom. The number of nitriles is 1. The maximum absolute atomic E-state index is 11.9. The molecule has 0 atom stereocenters. The first-order valence-corrected chi connectivity index (χ1v) is 4.16. The molecule has 84 valence electrons. The second-order valence-electron chi connectivity index (χ2n) is 2.55. The molecule has 0 aliphatic carbocycles. The van der Waals surface area contributed by atoms with E-state index in [0.717, 1.165) is 12.1 Å². The molecule has 0 unspecified atom stereocenters. The molecule has 5 nitrogen and oxygen atoms in total. The second-order valence-corrected chi connectivity index (χ2v) is 2.95. The lowest BCUT2D eigenvalue weighted by Crippen LogP contribution is -2.05. The van der Waals surface area contributed by atoms with Crippen LogP contribution in [0.1, 0.15) is 5.56 Å². The summed E-state index contributed by atoms with van der Waals surface area (Å²) in [5.41, 5.74) is -0.896. The van der Waals surface area contributed by atoms with Crippen LogP contribution in [-0.2, 0) is 0 Å². The molecule has 0 aliphatic rings. The van der Waals surface area contributed by atoms with Gasteiger partial charge in [-0.2, -0.15) is 14.0 Å². The van der Waals surface area contributed by atoms with Gasteiger partial charge in [0.2, 0.25) is 5.75 Å². The van der Waals surface area contributed by atoms with Gasteiger partial charge in [0.25, 0.3) is 0 Å². The Hall–Kier alpha value is -1.94. The van der Waals surface area contributed by atoms with Gasteiger partial charge in [0.1, 0.15) is 6.07 Å². The highest BCUT2D eigenvalue weighted by Crippen LogP contribution is 2.33. The number of ether oxygens (including phenoxy) is 1. The van der Waals surface area contributed by atoms with E-state index in [2.05, 4.69) is 4.74 Å². The van der Waals surface area contributed by atoms with Gasteiger partial charge in [-0.1, -0.05) is 11.6 Å². The summed E-state index contributed by atoms with van der Waals surface area (Å²) in [5.74, 6) is -0.694. The first-order chi connectivity index (χ1) is 7.45. The molecular formula is C8H3ClF2N2O3. The van der Waals surface area contributed by atoms with E-state index in [-0.39, 0.29) is 10.6 Å². The van der Waals surface area contributed by atoms with Gasteiger partial charge in [0, 0.05) is 12.1 Å². The van der Waals surface area contributed by atoms with Crippen molar-refractivity contribution in [2.45, 2.75) is 6.61 Å². The zero-order chi connectivity index (χ0) is 12.3. The summed E-state index contributed by atoms with van der Waals surface area (Å²) in [6.07, 6.45) is 0. The largest absolute Gasteiger partial charge is 0.427 e. The average Bonchev–Trinajstić information content (AvgIpc) is 2.19. The molecule has 0 aliphatic heterocycles. The molecule has 8 heteroatoms. The van der Waals surface area contributed by atoms with Gasteiger partial charge in [-0.25, -0.2) is 0 Å². The molecule has 0 bridgehead atoms. The molecule has 1 aromatic rings. The van der Waals surface area contributed by atoms with Crippen molar-refractivity contribution in [3.8, 4) is 11.8 Å². The fourth-order valence-electron chi connectivity index (χ4n) is 0.962. The van der Waals surface area contributed by atoms with Crippen molar-refractivity contribution in [3.63, 3.8) is 0 Å². The molecule has 0 saturated carbocycles. The molecule has 0 fully saturated rings. The number of nitro benzene ring substituents is 1. The molecular weight excluding hydrogens is 246 g/mol. The van der Waals surface area contributed by atoms with Gasteiger partial charge in [0.05, 0.1) is 15.5 Å². The monoisotopic (exact) mass is 248 g/mol. The van der Waals surface area contributed by atoms with Gasteiger partial charge < -0.3 is 4.74 Å². The van der Waals surface area contributed by atoms with Crippen LogP contribution in [0.15, 0.2) is 12.1 Å². The molecule has 16 heavy (non-hydrogen) atoms. The topological polar surface area (TPSA) is 76.2 Å². The van der Waals surface area contributed by atoms with E-state index >= 15 is 0 Å². The van der Waals surface area contributed by atoms with Crippen LogP contribution < -0.4 is 4.74 Å². The minimum atomic E-state index is -3.22. The zero-order valence-corrected chi connectivity index (χ0v) is 8.24. The van der Waals surface area contributed by atoms with E-state index in [1.165, 1.54) is 0 Å². The zero-order valence-electron chi connectivity index (χ0n) is 7.49. The summed E-state index contributed by atoms with van der Waals surface area (Å²) < 4.78 is 27.8. The Bertz CT molecular complexity index is 473. The standard InChI is InChI=1S/C8H3ClF2N2O3/c9-5-2-6(13(14)15)7(16-8(10)11)1-4(5)3-12/h1-2,8H. The summed E-state index contributed by atoms with van der Waals surface area (Å²) in [6, 6.07) is 3.18. The van der Waals surface area contributed by atoms with Gasteiger partial charge in [-0.15, -0.1) is 0 Å². The van der Waals surface area contributed by atoms with Gasteiger partial charge >= 0.3 is 12.3 Å². The SMILES string of the molecule is N#Cc1cc(OC(F)F)c([N+](=O)[O-])cc1Cl. The second kappa shape index (κ2) is 4.72. The van der Waals surface area contributed by atoms with E-state index < -0.39 is 23.0 Å². The van der Waals surface area contributed by atoms with Gasteiger partial charge in [-0.05, 0) is 0 Å². The number of hydrogen-bond acceptors (Lipinski definition) is 4. The van der Waals surface area contributed by atoms with Crippen molar-refractivity contribution in [3.05, 3.63) is 32.8 Å². The highest BCUT2D eigenvalue weighted by molar-refractivity contribution is 6.32. The molecule has 0 radical (unpaired) electrons. The number of halogens is 3. The number of alkyl halides is 2. The molecule has 1 aromatic carbocycles. The number of hydrogen-bond donors (Lipinski definition) is 0. The number of benzene rings is 1. The molecule has 1 rings (SSSR count). The predicted octanol–water partition coefficient (Wildman–Crippen LogP) is 2.72. The molecule has 0 amide bonds. The third kappa shape index (κ3) is 2.55. The lowest BCUT2D eigenvalue weighted by atomic mass is 10.2. The maximum Gasteiger partial charge on any atom is 0.387 e. The molecule has 0 spiro atoms. The lowest BCUT2D eigenvalue weighted by molar-refractivity contribution is -0.386. The Morgan fingerprint density at radius 1 is 1.56 bits per heavy atom. The highest BCUT2D eigenvalue weighted by Gasteiger charge is 2.21. The predicted molar refractivity (Wildman–Crippen MR) is 49.5 cm³/mol. The number of nitrogens with zero attached hydrogens (tertiary/aromatic N) is 2. The minimum Gasteiger partial charge on any atom is -0.427 e. The molecule has 0 heterocycles. The normalized spacial score (nSPS) is 9.94. The first kappa shape index (κ1) is 12.1. The van der Waals surface area contributed by atoms with Crippen molar-refractivity contribution in [1.29, 1.82) is 5.26 Å². The van der Waals surface area contributed by atoms with Crippen molar-refractivity contribution in [2.24, 2.45) is 0 Å². The highest BCUT2D eigenvalue weighted by atomic mass is 35.5. The van der Waals surface area contributed by atoms with Crippen LogP contribution in [-0.4, -0.2) is 11.5 Å². The Kier molecular flexibility index (Phi) is 3.58. The van der Waals surface area contributed by atoms with Crippen molar-refractivity contribution in [1.82, 2.24) is 0 Å². The number of rotatable bonds is 3. The summed E-state index contributed by atoms with van der Waals surface area (Å²) in [7, 11) is 0. The molecule has 0 N–H and O–H groups in total. The fraction of sp³-hybridized carbons (Fsp3) is 0.125. The van der Waals surface area contributed by atoms with Crippen molar-refractivity contribution in [2.75, 3.05) is 0 Å². The Morgan fingerprint density at radius 3 is 2.62 bits per heavy atom. The summed E-state index contributed by atoms with van der Waals surface area (Å²) in [4.78, 5) is 9.57. The van der Waals surface area contributed by atoms with Crippen LogP contribution in [0.3, 0.4) is 0 Å². The Labute approximate surface area is 93.0 Å². The van der Waals surface area contributed by atoms with E-state index in [4.69, 9.17) is 16.9 Å². The van der Waals surface area contributed by atoms with E-state index in [1.807, 2.05) is 0 Å². The van der Waals surface area contributed by atoms with E-state index in [1.54, 1.807) is 6.07 Å². The van der Waals surface area contributed by atoms with Crippen LogP contribution in [0.2, 0.25) is 5.02 Å². The summed E-state index contributed by atoms with van der Waals surface area (Å²) in [5, 5.41) is 18.9. The fourth-order valence-corrected chi connectivity index (χ4v) is 1.16. The quantitative estimate of drug-likeness (QED) is 0.609. The first-order valence-electron chi connectivity index (χ1n) is 3.78. The van der Waals surface area contributed by atoms with Crippen LogP contribution >= 0.6 is 11.6 Å². The van der Waals surface area contributed by atoms with Gasteiger partial charge in [0.15, 0.2) is 0 Å². The van der Waals surface area contributed by atoms with Crippen LogP contribution in [0.25, 0.3) is 0 Å². The lowest BCUT2D eigenvalue weighted by Gasteiger charge is -2.06. The summed E-state index contributed by atoms with van der Waals surface area (Å²) >= 11 is 5.51. The van der Waals surface area contributed by atoms with E-state index in [0.29, 0.717) is 0 Å². The maximum atomic E-state index is 11.9.